The monoisotopic (exact) mass is 224 g/mol. The fourth-order valence-corrected chi connectivity index (χ4v) is 1.72. The lowest BCUT2D eigenvalue weighted by molar-refractivity contribution is 0.573. The van der Waals surface area contributed by atoms with Crippen LogP contribution in [-0.4, -0.2) is 13.6 Å². The van der Waals surface area contributed by atoms with Crippen LogP contribution in [0.15, 0.2) is 18.2 Å². The molecule has 1 rings (SSSR count). The van der Waals surface area contributed by atoms with Crippen LogP contribution in [0.25, 0.3) is 0 Å². The summed E-state index contributed by atoms with van der Waals surface area (Å²) < 4.78 is 13.7. The zero-order chi connectivity index (χ0) is 12.1. The highest BCUT2D eigenvalue weighted by atomic mass is 19.1. The van der Waals surface area contributed by atoms with Crippen LogP contribution >= 0.6 is 0 Å². The van der Waals surface area contributed by atoms with Gasteiger partial charge < -0.3 is 10.6 Å². The average molecular weight is 224 g/mol. The fourth-order valence-electron chi connectivity index (χ4n) is 1.72. The third-order valence-corrected chi connectivity index (χ3v) is 2.71. The molecule has 0 atom stereocenters. The molecule has 0 saturated heterocycles. The number of benzene rings is 1. The highest BCUT2D eigenvalue weighted by Gasteiger charge is 2.11. The molecule has 1 aromatic rings. The smallest absolute Gasteiger partial charge is 0.146 e. The molecule has 0 heterocycles. The molecule has 2 nitrogen and oxygen atoms in total. The van der Waals surface area contributed by atoms with Crippen LogP contribution in [0.3, 0.4) is 0 Å². The van der Waals surface area contributed by atoms with Crippen molar-refractivity contribution < 1.29 is 4.39 Å². The highest BCUT2D eigenvalue weighted by Crippen LogP contribution is 2.23. The molecule has 0 spiro atoms. The number of hydrogen-bond acceptors (Lipinski definition) is 2. The Morgan fingerprint density at radius 1 is 1.38 bits per heavy atom. The van der Waals surface area contributed by atoms with E-state index in [1.165, 1.54) is 6.07 Å². The van der Waals surface area contributed by atoms with Gasteiger partial charge in [0, 0.05) is 20.1 Å². The van der Waals surface area contributed by atoms with Gasteiger partial charge in [0.25, 0.3) is 0 Å². The van der Waals surface area contributed by atoms with Gasteiger partial charge in [-0.15, -0.1) is 0 Å². The summed E-state index contributed by atoms with van der Waals surface area (Å²) in [5.74, 6) is 0.435. The molecular formula is C13H21FN2. The third-order valence-electron chi connectivity index (χ3n) is 2.71. The molecule has 0 aliphatic rings. The molecule has 1 aromatic carbocycles. The van der Waals surface area contributed by atoms with Crippen molar-refractivity contribution in [3.05, 3.63) is 29.6 Å². The van der Waals surface area contributed by atoms with Gasteiger partial charge in [-0.2, -0.15) is 0 Å². The fraction of sp³-hybridized carbons (Fsp3) is 0.538. The normalized spacial score (nSPS) is 10.9. The van der Waals surface area contributed by atoms with E-state index in [4.69, 9.17) is 5.73 Å². The van der Waals surface area contributed by atoms with Crippen LogP contribution < -0.4 is 10.6 Å². The van der Waals surface area contributed by atoms with Gasteiger partial charge in [0.1, 0.15) is 5.82 Å². The largest absolute Gasteiger partial charge is 0.372 e. The van der Waals surface area contributed by atoms with Crippen molar-refractivity contribution in [1.29, 1.82) is 0 Å². The minimum Gasteiger partial charge on any atom is -0.372 e. The Kier molecular flexibility index (Phi) is 4.74. The van der Waals surface area contributed by atoms with Crippen LogP contribution in [0.1, 0.15) is 25.8 Å². The predicted octanol–water partition coefficient (Wildman–Crippen LogP) is 2.77. The second kappa shape index (κ2) is 5.85. The predicted molar refractivity (Wildman–Crippen MR) is 67.0 cm³/mol. The van der Waals surface area contributed by atoms with Gasteiger partial charge in [-0.3, -0.25) is 0 Å². The lowest BCUT2D eigenvalue weighted by Crippen LogP contribution is -2.23. The summed E-state index contributed by atoms with van der Waals surface area (Å²) in [6.07, 6.45) is 1.05. The molecule has 0 aliphatic heterocycles. The molecule has 0 fully saturated rings. The van der Waals surface area contributed by atoms with E-state index in [1.807, 2.05) is 18.0 Å². The van der Waals surface area contributed by atoms with Crippen LogP contribution in [0, 0.1) is 11.7 Å². The summed E-state index contributed by atoms with van der Waals surface area (Å²) >= 11 is 0. The number of hydrogen-bond donors (Lipinski definition) is 1. The number of rotatable bonds is 5. The van der Waals surface area contributed by atoms with Gasteiger partial charge in [0.05, 0.1) is 5.69 Å². The lowest BCUT2D eigenvalue weighted by Gasteiger charge is -2.23. The van der Waals surface area contributed by atoms with Crippen molar-refractivity contribution in [3.8, 4) is 0 Å². The molecule has 0 aromatic heterocycles. The zero-order valence-electron chi connectivity index (χ0n) is 10.3. The first-order valence-electron chi connectivity index (χ1n) is 5.74. The molecule has 0 saturated carbocycles. The molecule has 16 heavy (non-hydrogen) atoms. The van der Waals surface area contributed by atoms with Crippen molar-refractivity contribution in [2.75, 3.05) is 18.5 Å². The van der Waals surface area contributed by atoms with E-state index >= 15 is 0 Å². The van der Waals surface area contributed by atoms with Crippen LogP contribution in [0.2, 0.25) is 0 Å². The molecule has 0 aliphatic carbocycles. The van der Waals surface area contributed by atoms with Gasteiger partial charge in [0.2, 0.25) is 0 Å². The van der Waals surface area contributed by atoms with Crippen molar-refractivity contribution in [1.82, 2.24) is 0 Å². The van der Waals surface area contributed by atoms with E-state index in [0.29, 0.717) is 18.2 Å². The van der Waals surface area contributed by atoms with E-state index in [9.17, 15) is 4.39 Å². The number of nitrogens with zero attached hydrogens (tertiary/aromatic N) is 1. The molecule has 3 heteroatoms. The topological polar surface area (TPSA) is 29.3 Å². The molecule has 0 amide bonds. The van der Waals surface area contributed by atoms with Gasteiger partial charge in [-0.25, -0.2) is 4.39 Å². The summed E-state index contributed by atoms with van der Waals surface area (Å²) in [5, 5.41) is 0. The Bertz CT molecular complexity index is 337. The van der Waals surface area contributed by atoms with E-state index in [0.717, 1.165) is 18.5 Å². The average Bonchev–Trinajstić information content (AvgIpc) is 2.25. The molecule has 2 N–H and O–H groups in total. The van der Waals surface area contributed by atoms with Crippen molar-refractivity contribution >= 4 is 5.69 Å². The first-order chi connectivity index (χ1) is 7.56. The standard InChI is InChI=1S/C13H21FN2/c1-10(2)7-8-16(3)13-11(9-15)5-4-6-12(13)14/h4-6,10H,7-9,15H2,1-3H3. The van der Waals surface area contributed by atoms with E-state index in [1.54, 1.807) is 6.07 Å². The minimum absolute atomic E-state index is 0.186. The molecule has 0 bridgehead atoms. The van der Waals surface area contributed by atoms with Crippen molar-refractivity contribution in [2.45, 2.75) is 26.8 Å². The van der Waals surface area contributed by atoms with Crippen molar-refractivity contribution in [3.63, 3.8) is 0 Å². The van der Waals surface area contributed by atoms with Crippen LogP contribution in [0.5, 0.6) is 0 Å². The molecular weight excluding hydrogens is 203 g/mol. The Balaban J connectivity index is 2.84. The highest BCUT2D eigenvalue weighted by molar-refractivity contribution is 5.54. The van der Waals surface area contributed by atoms with Gasteiger partial charge in [-0.1, -0.05) is 26.0 Å². The second-order valence-corrected chi connectivity index (χ2v) is 4.56. The number of anilines is 1. The van der Waals surface area contributed by atoms with Crippen LogP contribution in [-0.2, 0) is 6.54 Å². The maximum atomic E-state index is 13.7. The Morgan fingerprint density at radius 3 is 2.62 bits per heavy atom. The SMILES string of the molecule is CC(C)CCN(C)c1c(F)cccc1CN. The molecule has 90 valence electrons. The summed E-state index contributed by atoms with van der Waals surface area (Å²) in [6.45, 7) is 5.56. The first kappa shape index (κ1) is 13.0. The van der Waals surface area contributed by atoms with Crippen molar-refractivity contribution in [2.24, 2.45) is 11.7 Å². The third kappa shape index (κ3) is 3.20. The van der Waals surface area contributed by atoms with Crippen LogP contribution in [0.4, 0.5) is 10.1 Å². The summed E-state index contributed by atoms with van der Waals surface area (Å²) in [6, 6.07) is 5.07. The maximum absolute atomic E-state index is 13.7. The van der Waals surface area contributed by atoms with Gasteiger partial charge >= 0.3 is 0 Å². The van der Waals surface area contributed by atoms with Gasteiger partial charge in [0.15, 0.2) is 0 Å². The van der Waals surface area contributed by atoms with E-state index < -0.39 is 0 Å². The summed E-state index contributed by atoms with van der Waals surface area (Å²) in [7, 11) is 1.92. The quantitative estimate of drug-likeness (QED) is 0.833. The lowest BCUT2D eigenvalue weighted by atomic mass is 10.1. The Labute approximate surface area is 97.3 Å². The minimum atomic E-state index is -0.186. The Hall–Kier alpha value is -1.09. The molecule has 0 radical (unpaired) electrons. The first-order valence-corrected chi connectivity index (χ1v) is 5.74. The Morgan fingerprint density at radius 2 is 2.06 bits per heavy atom. The summed E-state index contributed by atoms with van der Waals surface area (Å²) in [5.41, 5.74) is 7.13. The maximum Gasteiger partial charge on any atom is 0.146 e. The van der Waals surface area contributed by atoms with Gasteiger partial charge in [-0.05, 0) is 24.0 Å². The molecule has 0 unspecified atom stereocenters. The zero-order valence-corrected chi connectivity index (χ0v) is 10.3. The second-order valence-electron chi connectivity index (χ2n) is 4.56. The van der Waals surface area contributed by atoms with E-state index in [2.05, 4.69) is 13.8 Å². The number of nitrogens with two attached hydrogens (primary N) is 1. The number of halogens is 1. The number of para-hydroxylation sites is 1. The summed E-state index contributed by atoms with van der Waals surface area (Å²) in [4.78, 5) is 1.96. The van der Waals surface area contributed by atoms with E-state index in [-0.39, 0.29) is 5.82 Å².